The van der Waals surface area contributed by atoms with E-state index in [2.05, 4.69) is 45.8 Å². The molecule has 2 aliphatic rings. The molecule has 2 aliphatic heterocycles. The van der Waals surface area contributed by atoms with E-state index in [1.807, 2.05) is 11.7 Å². The average molecular weight is 341 g/mol. The van der Waals surface area contributed by atoms with E-state index < -0.39 is 0 Å². The molecule has 2 atom stereocenters. The first-order valence-corrected chi connectivity index (χ1v) is 8.82. The third-order valence-electron chi connectivity index (χ3n) is 5.27. The lowest BCUT2D eigenvalue weighted by atomic mass is 9.93. The SMILES string of the molecule is CC1CNCCN1c1ccc2c(C3CCC(=O)NC3=O)nn(C)c2c1. The van der Waals surface area contributed by atoms with Crippen molar-refractivity contribution in [1.82, 2.24) is 20.4 Å². The molecule has 25 heavy (non-hydrogen) atoms. The maximum absolute atomic E-state index is 12.2. The van der Waals surface area contributed by atoms with Crippen LogP contribution in [0.2, 0.25) is 0 Å². The van der Waals surface area contributed by atoms with Gasteiger partial charge in [0.25, 0.3) is 0 Å². The predicted octanol–water partition coefficient (Wildman–Crippen LogP) is 0.892. The van der Waals surface area contributed by atoms with Gasteiger partial charge in [0, 0.05) is 50.2 Å². The largest absolute Gasteiger partial charge is 0.366 e. The molecular weight excluding hydrogens is 318 g/mol. The summed E-state index contributed by atoms with van der Waals surface area (Å²) in [5.41, 5.74) is 2.96. The number of benzene rings is 1. The number of hydrogen-bond donors (Lipinski definition) is 2. The van der Waals surface area contributed by atoms with Crippen molar-refractivity contribution >= 4 is 28.4 Å². The van der Waals surface area contributed by atoms with Crippen LogP contribution >= 0.6 is 0 Å². The first-order valence-electron chi connectivity index (χ1n) is 8.82. The average Bonchev–Trinajstić information content (AvgIpc) is 2.91. The molecule has 1 aromatic heterocycles. The number of piperidine rings is 1. The van der Waals surface area contributed by atoms with Crippen molar-refractivity contribution < 1.29 is 9.59 Å². The molecular formula is C18H23N5O2. The minimum Gasteiger partial charge on any atom is -0.366 e. The highest BCUT2D eigenvalue weighted by atomic mass is 16.2. The monoisotopic (exact) mass is 341 g/mol. The summed E-state index contributed by atoms with van der Waals surface area (Å²) >= 11 is 0. The summed E-state index contributed by atoms with van der Waals surface area (Å²) < 4.78 is 1.84. The van der Waals surface area contributed by atoms with Crippen molar-refractivity contribution in [2.45, 2.75) is 31.7 Å². The van der Waals surface area contributed by atoms with E-state index in [1.54, 1.807) is 0 Å². The normalized spacial score (nSPS) is 24.6. The summed E-state index contributed by atoms with van der Waals surface area (Å²) in [7, 11) is 1.91. The standard InChI is InChI=1S/C18H23N5O2/c1-11-10-19-7-8-23(11)12-3-4-13-15(9-12)22(2)21-17(13)14-5-6-16(24)20-18(14)25/h3-4,9,11,14,19H,5-8,10H2,1-2H3,(H,20,24,25). The van der Waals surface area contributed by atoms with Gasteiger partial charge in [-0.25, -0.2) is 0 Å². The van der Waals surface area contributed by atoms with E-state index >= 15 is 0 Å². The van der Waals surface area contributed by atoms with E-state index in [4.69, 9.17) is 0 Å². The van der Waals surface area contributed by atoms with Crippen LogP contribution in [0.5, 0.6) is 0 Å². The van der Waals surface area contributed by atoms with Crippen LogP contribution in [-0.4, -0.2) is 47.3 Å². The van der Waals surface area contributed by atoms with Gasteiger partial charge in [0.1, 0.15) is 0 Å². The number of piperazine rings is 1. The van der Waals surface area contributed by atoms with Gasteiger partial charge < -0.3 is 10.2 Å². The Morgan fingerprint density at radius 3 is 2.88 bits per heavy atom. The fourth-order valence-electron chi connectivity index (χ4n) is 3.89. The summed E-state index contributed by atoms with van der Waals surface area (Å²) in [4.78, 5) is 26.0. The Kier molecular flexibility index (Phi) is 3.95. The van der Waals surface area contributed by atoms with Crippen LogP contribution in [0.1, 0.15) is 31.4 Å². The Hall–Kier alpha value is -2.41. The van der Waals surface area contributed by atoms with Crippen molar-refractivity contribution in [3.63, 3.8) is 0 Å². The lowest BCUT2D eigenvalue weighted by Gasteiger charge is -2.36. The van der Waals surface area contributed by atoms with Crippen LogP contribution in [0.4, 0.5) is 5.69 Å². The van der Waals surface area contributed by atoms with Crippen LogP contribution in [0, 0.1) is 0 Å². The minimum atomic E-state index is -0.356. The summed E-state index contributed by atoms with van der Waals surface area (Å²) in [6.07, 6.45) is 0.887. The fourth-order valence-corrected chi connectivity index (χ4v) is 3.89. The third kappa shape index (κ3) is 2.78. The second-order valence-electron chi connectivity index (χ2n) is 6.96. The Bertz CT molecular complexity index is 843. The molecule has 1 aromatic carbocycles. The number of rotatable bonds is 2. The zero-order chi connectivity index (χ0) is 17.6. The molecule has 7 heteroatoms. The number of fused-ring (bicyclic) bond motifs is 1. The summed E-state index contributed by atoms with van der Waals surface area (Å²) in [6.45, 7) is 5.15. The topological polar surface area (TPSA) is 79.3 Å². The highest BCUT2D eigenvalue weighted by Crippen LogP contribution is 2.32. The quantitative estimate of drug-likeness (QED) is 0.793. The van der Waals surface area contributed by atoms with Crippen molar-refractivity contribution in [3.05, 3.63) is 23.9 Å². The number of carbonyl (C=O) groups is 2. The van der Waals surface area contributed by atoms with E-state index in [9.17, 15) is 9.59 Å². The number of nitrogens with one attached hydrogen (secondary N) is 2. The number of aryl methyl sites for hydroxylation is 1. The number of anilines is 1. The zero-order valence-corrected chi connectivity index (χ0v) is 14.6. The zero-order valence-electron chi connectivity index (χ0n) is 14.6. The number of aromatic nitrogens is 2. The van der Waals surface area contributed by atoms with Gasteiger partial charge >= 0.3 is 0 Å². The van der Waals surface area contributed by atoms with E-state index in [0.717, 1.165) is 36.2 Å². The van der Waals surface area contributed by atoms with E-state index in [0.29, 0.717) is 18.9 Å². The molecule has 0 spiro atoms. The van der Waals surface area contributed by atoms with Gasteiger partial charge in [0.2, 0.25) is 11.8 Å². The minimum absolute atomic E-state index is 0.198. The maximum atomic E-state index is 12.2. The van der Waals surface area contributed by atoms with Crippen LogP contribution in [0.25, 0.3) is 10.9 Å². The van der Waals surface area contributed by atoms with Crippen molar-refractivity contribution in [2.75, 3.05) is 24.5 Å². The Morgan fingerprint density at radius 2 is 2.12 bits per heavy atom. The van der Waals surface area contributed by atoms with Crippen molar-refractivity contribution in [3.8, 4) is 0 Å². The van der Waals surface area contributed by atoms with Gasteiger partial charge in [0.05, 0.1) is 17.1 Å². The molecule has 3 heterocycles. The van der Waals surface area contributed by atoms with E-state index in [1.165, 1.54) is 5.69 Å². The van der Waals surface area contributed by atoms with Crippen LogP contribution in [0.3, 0.4) is 0 Å². The van der Waals surface area contributed by atoms with Gasteiger partial charge in [-0.3, -0.25) is 19.6 Å². The van der Waals surface area contributed by atoms with Gasteiger partial charge in [-0.2, -0.15) is 5.10 Å². The van der Waals surface area contributed by atoms with Gasteiger partial charge in [-0.05, 0) is 31.5 Å². The van der Waals surface area contributed by atoms with Crippen LogP contribution < -0.4 is 15.5 Å². The van der Waals surface area contributed by atoms with Crippen LogP contribution in [0.15, 0.2) is 18.2 Å². The first kappa shape index (κ1) is 16.1. The molecule has 0 aliphatic carbocycles. The number of imide groups is 1. The maximum Gasteiger partial charge on any atom is 0.235 e. The molecule has 2 aromatic rings. The first-order chi connectivity index (χ1) is 12.0. The molecule has 2 fully saturated rings. The summed E-state index contributed by atoms with van der Waals surface area (Å²) in [5.74, 6) is -0.794. The second kappa shape index (κ2) is 6.15. The molecule has 4 rings (SSSR count). The molecule has 2 amide bonds. The third-order valence-corrected chi connectivity index (χ3v) is 5.27. The molecule has 0 saturated carbocycles. The fraction of sp³-hybridized carbons (Fsp3) is 0.500. The summed E-state index contributed by atoms with van der Waals surface area (Å²) in [5, 5.41) is 11.4. The van der Waals surface area contributed by atoms with Gasteiger partial charge in [-0.1, -0.05) is 0 Å². The second-order valence-corrected chi connectivity index (χ2v) is 6.96. The molecule has 0 bridgehead atoms. The molecule has 2 N–H and O–H groups in total. The van der Waals surface area contributed by atoms with Crippen LogP contribution in [-0.2, 0) is 16.6 Å². The van der Waals surface area contributed by atoms with Crippen molar-refractivity contribution in [2.24, 2.45) is 7.05 Å². The Balaban J connectivity index is 1.71. The number of hydrogen-bond acceptors (Lipinski definition) is 5. The molecule has 7 nitrogen and oxygen atoms in total. The Labute approximate surface area is 146 Å². The molecule has 2 saturated heterocycles. The van der Waals surface area contributed by atoms with Crippen molar-refractivity contribution in [1.29, 1.82) is 0 Å². The lowest BCUT2D eigenvalue weighted by molar-refractivity contribution is -0.134. The highest BCUT2D eigenvalue weighted by molar-refractivity contribution is 6.02. The molecule has 132 valence electrons. The predicted molar refractivity (Wildman–Crippen MR) is 95.5 cm³/mol. The van der Waals surface area contributed by atoms with Gasteiger partial charge in [-0.15, -0.1) is 0 Å². The molecule has 0 radical (unpaired) electrons. The lowest BCUT2D eigenvalue weighted by Crippen LogP contribution is -2.49. The van der Waals surface area contributed by atoms with Gasteiger partial charge in [0.15, 0.2) is 0 Å². The molecule has 2 unspecified atom stereocenters. The van der Waals surface area contributed by atoms with E-state index in [-0.39, 0.29) is 17.7 Å². The number of amides is 2. The smallest absolute Gasteiger partial charge is 0.235 e. The Morgan fingerprint density at radius 1 is 1.28 bits per heavy atom. The number of nitrogens with zero attached hydrogens (tertiary/aromatic N) is 3. The summed E-state index contributed by atoms with van der Waals surface area (Å²) in [6, 6.07) is 6.76. The number of carbonyl (C=O) groups excluding carboxylic acids is 2. The highest BCUT2D eigenvalue weighted by Gasteiger charge is 2.31.